The summed E-state index contributed by atoms with van der Waals surface area (Å²) >= 11 is 5.98. The van der Waals surface area contributed by atoms with Crippen molar-refractivity contribution < 1.29 is 14.1 Å². The zero-order chi connectivity index (χ0) is 20.8. The fraction of sp³-hybridized carbons (Fsp3) is 0.0455. The minimum atomic E-state index is -0.493. The molecule has 0 heterocycles. The van der Waals surface area contributed by atoms with Crippen LogP contribution < -0.4 is 4.74 Å². The van der Waals surface area contributed by atoms with Crippen LogP contribution in [0.25, 0.3) is 11.6 Å². The van der Waals surface area contributed by atoms with Crippen LogP contribution in [0.1, 0.15) is 16.7 Å². The van der Waals surface area contributed by atoms with Gasteiger partial charge in [-0.15, -0.1) is 0 Å². The Morgan fingerprint density at radius 3 is 2.41 bits per heavy atom. The highest BCUT2D eigenvalue weighted by Crippen LogP contribution is 2.24. The van der Waals surface area contributed by atoms with Crippen LogP contribution in [0.4, 0.5) is 10.1 Å². The van der Waals surface area contributed by atoms with Crippen molar-refractivity contribution in [1.29, 1.82) is 5.26 Å². The number of rotatable bonds is 6. The van der Waals surface area contributed by atoms with Crippen LogP contribution in [0.5, 0.6) is 5.75 Å². The predicted octanol–water partition coefficient (Wildman–Crippen LogP) is 6.03. The molecule has 0 aromatic heterocycles. The van der Waals surface area contributed by atoms with E-state index in [9.17, 15) is 19.8 Å². The molecule has 0 radical (unpaired) electrons. The second kappa shape index (κ2) is 9.00. The number of nitriles is 1. The first kappa shape index (κ1) is 20.1. The molecule has 0 saturated carbocycles. The van der Waals surface area contributed by atoms with Crippen LogP contribution in [0.2, 0.25) is 5.02 Å². The predicted molar refractivity (Wildman–Crippen MR) is 109 cm³/mol. The van der Waals surface area contributed by atoms with Crippen LogP contribution in [-0.2, 0) is 6.61 Å². The molecule has 0 unspecified atom stereocenters. The van der Waals surface area contributed by atoms with Crippen LogP contribution in [0.3, 0.4) is 0 Å². The number of benzene rings is 3. The molecule has 0 atom stereocenters. The summed E-state index contributed by atoms with van der Waals surface area (Å²) in [6.45, 7) is -0.00701. The molecule has 0 aliphatic carbocycles. The number of halogens is 2. The lowest BCUT2D eigenvalue weighted by Gasteiger charge is -2.09. The third-order valence-corrected chi connectivity index (χ3v) is 4.50. The summed E-state index contributed by atoms with van der Waals surface area (Å²) in [4.78, 5) is 10.2. The third-order valence-electron chi connectivity index (χ3n) is 4.15. The van der Waals surface area contributed by atoms with Gasteiger partial charge < -0.3 is 4.74 Å². The molecule has 3 aromatic rings. The van der Waals surface area contributed by atoms with E-state index in [0.717, 1.165) is 5.56 Å². The molecule has 0 aliphatic heterocycles. The summed E-state index contributed by atoms with van der Waals surface area (Å²) < 4.78 is 19.4. The Balaban J connectivity index is 1.73. The van der Waals surface area contributed by atoms with E-state index in [4.69, 9.17) is 16.3 Å². The fourth-order valence-electron chi connectivity index (χ4n) is 2.60. The summed E-state index contributed by atoms with van der Waals surface area (Å²) in [6, 6.07) is 19.2. The summed E-state index contributed by atoms with van der Waals surface area (Å²) in [5, 5.41) is 20.5. The van der Waals surface area contributed by atoms with Crippen molar-refractivity contribution in [3.63, 3.8) is 0 Å². The maximum atomic E-state index is 13.8. The van der Waals surface area contributed by atoms with Gasteiger partial charge in [-0.2, -0.15) is 5.26 Å². The van der Waals surface area contributed by atoms with Gasteiger partial charge in [-0.1, -0.05) is 29.8 Å². The van der Waals surface area contributed by atoms with Crippen molar-refractivity contribution in [3.8, 4) is 11.8 Å². The number of nitro groups is 1. The Hall–Kier alpha value is -3.69. The Kier molecular flexibility index (Phi) is 6.22. The van der Waals surface area contributed by atoms with Crippen molar-refractivity contribution in [2.75, 3.05) is 0 Å². The number of nitrogens with zero attached hydrogens (tertiary/aromatic N) is 2. The fourth-order valence-corrected chi connectivity index (χ4v) is 2.81. The highest BCUT2D eigenvalue weighted by atomic mass is 35.5. The van der Waals surface area contributed by atoms with Gasteiger partial charge in [0.25, 0.3) is 5.69 Å². The Labute approximate surface area is 171 Å². The molecule has 0 spiro atoms. The molecule has 0 saturated heterocycles. The minimum absolute atomic E-state index is 0.00701. The topological polar surface area (TPSA) is 76.2 Å². The molecule has 0 fully saturated rings. The van der Waals surface area contributed by atoms with E-state index in [2.05, 4.69) is 6.07 Å². The van der Waals surface area contributed by atoms with Crippen LogP contribution in [0.15, 0.2) is 66.7 Å². The number of hydrogen-bond donors (Lipinski definition) is 0. The highest BCUT2D eigenvalue weighted by Gasteiger charge is 2.09. The van der Waals surface area contributed by atoms with E-state index in [1.165, 1.54) is 36.4 Å². The van der Waals surface area contributed by atoms with E-state index < -0.39 is 10.7 Å². The maximum Gasteiger partial charge on any atom is 0.269 e. The average molecular weight is 409 g/mol. The number of allylic oxidation sites excluding steroid dienone is 1. The zero-order valence-corrected chi connectivity index (χ0v) is 15.8. The Bertz CT molecular complexity index is 1080. The van der Waals surface area contributed by atoms with E-state index in [-0.39, 0.29) is 17.9 Å². The molecular weight excluding hydrogens is 395 g/mol. The quantitative estimate of drug-likeness (QED) is 0.216. The van der Waals surface area contributed by atoms with Gasteiger partial charge in [0, 0.05) is 17.7 Å². The number of ether oxygens (including phenoxy) is 1. The molecule has 3 rings (SSSR count). The first-order chi connectivity index (χ1) is 14.0. The largest absolute Gasteiger partial charge is 0.489 e. The molecule has 7 heteroatoms. The van der Waals surface area contributed by atoms with Crippen LogP contribution in [-0.4, -0.2) is 4.92 Å². The van der Waals surface area contributed by atoms with Gasteiger partial charge in [-0.05, 0) is 53.6 Å². The third kappa shape index (κ3) is 4.98. The molecule has 0 bridgehead atoms. The molecule has 144 valence electrons. The molecule has 3 aromatic carbocycles. The lowest BCUT2D eigenvalue weighted by atomic mass is 10.0. The monoisotopic (exact) mass is 408 g/mol. The van der Waals surface area contributed by atoms with Gasteiger partial charge in [0.15, 0.2) is 0 Å². The van der Waals surface area contributed by atoms with E-state index in [0.29, 0.717) is 21.9 Å². The lowest BCUT2D eigenvalue weighted by Crippen LogP contribution is -1.99. The van der Waals surface area contributed by atoms with Crippen molar-refractivity contribution in [1.82, 2.24) is 0 Å². The average Bonchev–Trinajstić information content (AvgIpc) is 2.72. The van der Waals surface area contributed by atoms with Crippen molar-refractivity contribution >= 4 is 28.9 Å². The summed E-state index contributed by atoms with van der Waals surface area (Å²) in [7, 11) is 0. The minimum Gasteiger partial charge on any atom is -0.489 e. The summed E-state index contributed by atoms with van der Waals surface area (Å²) in [5.74, 6) is 0.0918. The second-order valence-corrected chi connectivity index (χ2v) is 6.44. The van der Waals surface area contributed by atoms with E-state index >= 15 is 0 Å². The summed E-state index contributed by atoms with van der Waals surface area (Å²) in [5.41, 5.74) is 1.93. The SMILES string of the molecule is N#C/C(=C\c1ccc(OCc2c(F)cccc2Cl)cc1)c1ccc([N+](=O)[O-])cc1. The van der Waals surface area contributed by atoms with E-state index in [1.807, 2.05) is 0 Å². The highest BCUT2D eigenvalue weighted by molar-refractivity contribution is 6.31. The number of hydrogen-bond acceptors (Lipinski definition) is 4. The van der Waals surface area contributed by atoms with Crippen molar-refractivity contribution in [3.05, 3.63) is 104 Å². The molecule has 0 N–H and O–H groups in total. The normalized spacial score (nSPS) is 11.0. The zero-order valence-electron chi connectivity index (χ0n) is 15.0. The summed E-state index contributed by atoms with van der Waals surface area (Å²) in [6.07, 6.45) is 1.67. The smallest absolute Gasteiger partial charge is 0.269 e. The Morgan fingerprint density at radius 1 is 1.14 bits per heavy atom. The standard InChI is InChI=1S/C22H14ClFN2O3/c23-21-2-1-3-22(24)20(21)14-29-19-10-4-15(5-11-19)12-17(13-25)16-6-8-18(9-7-16)26(27)28/h1-12H,14H2/b17-12+. The number of nitro benzene ring substituents is 1. The van der Waals surface area contributed by atoms with Crippen molar-refractivity contribution in [2.45, 2.75) is 6.61 Å². The van der Waals surface area contributed by atoms with Gasteiger partial charge in [-0.3, -0.25) is 10.1 Å². The first-order valence-corrected chi connectivity index (χ1v) is 8.88. The van der Waals surface area contributed by atoms with Gasteiger partial charge in [0.1, 0.15) is 18.2 Å². The van der Waals surface area contributed by atoms with Crippen molar-refractivity contribution in [2.24, 2.45) is 0 Å². The van der Waals surface area contributed by atoms with Crippen LogP contribution >= 0.6 is 11.6 Å². The molecular formula is C22H14ClFN2O3. The molecule has 0 aliphatic rings. The second-order valence-electron chi connectivity index (χ2n) is 6.03. The van der Waals surface area contributed by atoms with Gasteiger partial charge in [-0.25, -0.2) is 4.39 Å². The molecule has 0 amide bonds. The van der Waals surface area contributed by atoms with E-state index in [1.54, 1.807) is 36.4 Å². The number of non-ortho nitro benzene ring substituents is 1. The molecule has 5 nitrogen and oxygen atoms in total. The van der Waals surface area contributed by atoms with Gasteiger partial charge in [0.2, 0.25) is 0 Å². The Morgan fingerprint density at radius 2 is 1.83 bits per heavy atom. The van der Waals surface area contributed by atoms with Gasteiger partial charge in [0.05, 0.1) is 21.6 Å². The first-order valence-electron chi connectivity index (χ1n) is 8.50. The van der Waals surface area contributed by atoms with Gasteiger partial charge >= 0.3 is 0 Å². The van der Waals surface area contributed by atoms with Crippen LogP contribution in [0, 0.1) is 27.3 Å². The molecule has 29 heavy (non-hydrogen) atoms. The maximum absolute atomic E-state index is 13.8. The lowest BCUT2D eigenvalue weighted by molar-refractivity contribution is -0.384.